The van der Waals surface area contributed by atoms with E-state index in [2.05, 4.69) is 24.3 Å². The van der Waals surface area contributed by atoms with Crippen LogP contribution in [0, 0.1) is 56.2 Å². The Bertz CT molecular complexity index is 496. The molecular weight excluding hydrogens is 288 g/mol. The number of nitriles is 4. The van der Waals surface area contributed by atoms with Crippen LogP contribution in [0.4, 0.5) is 0 Å². The van der Waals surface area contributed by atoms with Gasteiger partial charge in [-0.05, 0) is 38.5 Å². The van der Waals surface area contributed by atoms with Crippen molar-refractivity contribution < 1.29 is 4.79 Å². The van der Waals surface area contributed by atoms with Gasteiger partial charge < -0.3 is 0 Å². The molecule has 1 aliphatic rings. The minimum Gasteiger partial charge on any atom is -0.298 e. The molecule has 0 spiro atoms. The molecule has 0 radical (unpaired) electrons. The van der Waals surface area contributed by atoms with Crippen molar-refractivity contribution in [2.45, 2.75) is 70.6 Å². The van der Waals surface area contributed by atoms with Gasteiger partial charge in [-0.15, -0.1) is 0 Å². The van der Waals surface area contributed by atoms with Crippen LogP contribution in [-0.2, 0) is 4.79 Å². The third-order valence-corrected chi connectivity index (χ3v) is 5.14. The molecule has 0 aromatic heterocycles. The van der Waals surface area contributed by atoms with Crippen LogP contribution in [0.25, 0.3) is 0 Å². The van der Waals surface area contributed by atoms with E-state index in [0.29, 0.717) is 64.2 Å². The number of rotatable bonds is 8. The molecule has 0 aromatic rings. The van der Waals surface area contributed by atoms with E-state index >= 15 is 0 Å². The Kier molecular flexibility index (Phi) is 7.25. The molecule has 0 heterocycles. The van der Waals surface area contributed by atoms with Crippen molar-refractivity contribution in [3.8, 4) is 24.3 Å². The van der Waals surface area contributed by atoms with Crippen LogP contribution >= 0.6 is 0 Å². The summed E-state index contributed by atoms with van der Waals surface area (Å²) in [5.74, 6) is 0.0900. The maximum Gasteiger partial charge on any atom is 0.145 e. The number of hydrogen-bond acceptors (Lipinski definition) is 5. The fourth-order valence-electron chi connectivity index (χ4n) is 3.94. The highest BCUT2D eigenvalue weighted by Crippen LogP contribution is 2.52. The molecule has 1 aliphatic carbocycles. The molecule has 0 amide bonds. The topological polar surface area (TPSA) is 112 Å². The van der Waals surface area contributed by atoms with E-state index in [1.165, 1.54) is 0 Å². The third kappa shape index (κ3) is 4.31. The van der Waals surface area contributed by atoms with Crippen LogP contribution in [0.3, 0.4) is 0 Å². The molecule has 1 saturated carbocycles. The van der Waals surface area contributed by atoms with Gasteiger partial charge in [0.15, 0.2) is 0 Å². The Morgan fingerprint density at radius 1 is 0.696 bits per heavy atom. The van der Waals surface area contributed by atoms with Crippen LogP contribution in [0.1, 0.15) is 70.6 Å². The average molecular weight is 310 g/mol. The molecule has 1 fully saturated rings. The summed E-state index contributed by atoms with van der Waals surface area (Å²) in [7, 11) is 0. The molecule has 0 unspecified atom stereocenters. The van der Waals surface area contributed by atoms with Gasteiger partial charge in [0, 0.05) is 36.5 Å². The summed E-state index contributed by atoms with van der Waals surface area (Å²) in [6, 6.07) is 8.44. The van der Waals surface area contributed by atoms with Gasteiger partial charge in [0.2, 0.25) is 0 Å². The minimum absolute atomic E-state index is 0.0900. The fraction of sp³-hybridized carbons (Fsp3) is 0.722. The molecule has 5 nitrogen and oxygen atoms in total. The van der Waals surface area contributed by atoms with E-state index in [9.17, 15) is 4.79 Å². The van der Waals surface area contributed by atoms with Gasteiger partial charge >= 0.3 is 0 Å². The average Bonchev–Trinajstić information content (AvgIpc) is 2.58. The number of carbonyl (C=O) groups excluding carboxylic acids is 1. The maximum absolute atomic E-state index is 13.4. The number of Topliss-reactive ketones (excluding diaryl/α,β-unsaturated/α-hetero) is 1. The molecule has 0 saturated heterocycles. The van der Waals surface area contributed by atoms with Crippen molar-refractivity contribution >= 4 is 5.78 Å². The Balaban J connectivity index is 3.14. The lowest BCUT2D eigenvalue weighted by Crippen LogP contribution is -2.47. The first-order valence-electron chi connectivity index (χ1n) is 8.13. The van der Waals surface area contributed by atoms with Gasteiger partial charge in [-0.1, -0.05) is 6.42 Å². The second kappa shape index (κ2) is 8.92. The first-order valence-corrected chi connectivity index (χ1v) is 8.13. The number of nitrogens with zero attached hydrogens (tertiary/aromatic N) is 4. The lowest BCUT2D eigenvalue weighted by molar-refractivity contribution is -0.146. The van der Waals surface area contributed by atoms with Gasteiger partial charge in [-0.3, -0.25) is 4.79 Å². The summed E-state index contributed by atoms with van der Waals surface area (Å²) in [6.07, 6.45) is 5.35. The van der Waals surface area contributed by atoms with E-state index in [1.807, 2.05) is 0 Å². The summed E-state index contributed by atoms with van der Waals surface area (Å²) in [4.78, 5) is 13.4. The summed E-state index contributed by atoms with van der Waals surface area (Å²) < 4.78 is 0. The highest BCUT2D eigenvalue weighted by Gasteiger charge is 2.51. The second-order valence-electron chi connectivity index (χ2n) is 6.38. The highest BCUT2D eigenvalue weighted by atomic mass is 16.1. The maximum atomic E-state index is 13.4. The SMILES string of the molecule is N#CCCC1(CCC#N)CCCC(CCC#N)(CCC#N)C1=O. The summed E-state index contributed by atoms with van der Waals surface area (Å²) in [5.41, 5.74) is -1.26. The smallest absolute Gasteiger partial charge is 0.145 e. The predicted molar refractivity (Wildman–Crippen MR) is 83.1 cm³/mol. The predicted octanol–water partition coefficient (Wildman–Crippen LogP) is 3.93. The van der Waals surface area contributed by atoms with Gasteiger partial charge in [-0.2, -0.15) is 21.0 Å². The first kappa shape index (κ1) is 18.7. The van der Waals surface area contributed by atoms with E-state index in [0.717, 1.165) is 6.42 Å². The van der Waals surface area contributed by atoms with Crippen molar-refractivity contribution in [1.29, 1.82) is 21.0 Å². The van der Waals surface area contributed by atoms with Crippen molar-refractivity contribution in [1.82, 2.24) is 0 Å². The normalized spacial score (nSPS) is 18.2. The molecule has 23 heavy (non-hydrogen) atoms. The van der Waals surface area contributed by atoms with Crippen LogP contribution in [0.2, 0.25) is 0 Å². The van der Waals surface area contributed by atoms with Gasteiger partial charge in [0.05, 0.1) is 24.3 Å². The van der Waals surface area contributed by atoms with Gasteiger partial charge in [0.1, 0.15) is 5.78 Å². The number of carbonyl (C=O) groups is 1. The van der Waals surface area contributed by atoms with Crippen molar-refractivity contribution in [2.75, 3.05) is 0 Å². The molecular formula is C18H22N4O. The Hall–Kier alpha value is -2.37. The number of hydrogen-bond donors (Lipinski definition) is 0. The molecule has 5 heteroatoms. The van der Waals surface area contributed by atoms with E-state index in [1.54, 1.807) is 0 Å². The Labute approximate surface area is 138 Å². The highest BCUT2D eigenvalue weighted by molar-refractivity contribution is 5.91. The minimum atomic E-state index is -0.630. The summed E-state index contributed by atoms with van der Waals surface area (Å²) in [5, 5.41) is 35.7. The van der Waals surface area contributed by atoms with Crippen LogP contribution < -0.4 is 0 Å². The van der Waals surface area contributed by atoms with Crippen molar-refractivity contribution in [2.24, 2.45) is 10.8 Å². The Morgan fingerprint density at radius 2 is 1.00 bits per heavy atom. The molecule has 0 atom stereocenters. The van der Waals surface area contributed by atoms with Gasteiger partial charge in [-0.25, -0.2) is 0 Å². The van der Waals surface area contributed by atoms with E-state index in [4.69, 9.17) is 21.0 Å². The number of ketones is 1. The second-order valence-corrected chi connectivity index (χ2v) is 6.38. The van der Waals surface area contributed by atoms with Crippen LogP contribution in [0.5, 0.6) is 0 Å². The molecule has 0 aliphatic heterocycles. The lowest BCUT2D eigenvalue weighted by atomic mass is 9.55. The summed E-state index contributed by atoms with van der Waals surface area (Å²) >= 11 is 0. The largest absolute Gasteiger partial charge is 0.298 e. The fourth-order valence-corrected chi connectivity index (χ4v) is 3.94. The molecule has 0 N–H and O–H groups in total. The zero-order chi connectivity index (χ0) is 17.2. The zero-order valence-electron chi connectivity index (χ0n) is 13.5. The van der Waals surface area contributed by atoms with E-state index < -0.39 is 10.8 Å². The van der Waals surface area contributed by atoms with Gasteiger partial charge in [0.25, 0.3) is 0 Å². The molecule has 0 aromatic carbocycles. The van der Waals surface area contributed by atoms with E-state index in [-0.39, 0.29) is 5.78 Å². The van der Waals surface area contributed by atoms with Crippen molar-refractivity contribution in [3.05, 3.63) is 0 Å². The monoisotopic (exact) mass is 310 g/mol. The Morgan fingerprint density at radius 3 is 1.26 bits per heavy atom. The summed E-state index contributed by atoms with van der Waals surface area (Å²) in [6.45, 7) is 0. The van der Waals surface area contributed by atoms with Crippen LogP contribution in [-0.4, -0.2) is 5.78 Å². The lowest BCUT2D eigenvalue weighted by Gasteiger charge is -2.46. The van der Waals surface area contributed by atoms with Crippen molar-refractivity contribution in [3.63, 3.8) is 0 Å². The zero-order valence-corrected chi connectivity index (χ0v) is 13.5. The standard InChI is InChI=1S/C18H22N4O/c19-12-2-8-17(9-3-13-20)6-1-7-18(16(17)23,10-4-14-21)11-5-15-22/h1-11H2. The molecule has 120 valence electrons. The quantitative estimate of drug-likeness (QED) is 0.674. The third-order valence-electron chi connectivity index (χ3n) is 5.14. The first-order chi connectivity index (χ1) is 11.1. The van der Waals surface area contributed by atoms with Crippen LogP contribution in [0.15, 0.2) is 0 Å². The molecule has 1 rings (SSSR count). The molecule has 0 bridgehead atoms.